The van der Waals surface area contributed by atoms with E-state index in [-0.39, 0.29) is 5.91 Å². The van der Waals surface area contributed by atoms with Gasteiger partial charge in [-0.2, -0.15) is 0 Å². The van der Waals surface area contributed by atoms with E-state index in [2.05, 4.69) is 10.3 Å². The fourth-order valence-corrected chi connectivity index (χ4v) is 5.51. The number of nitrogens with zero attached hydrogens (tertiary/aromatic N) is 1. The van der Waals surface area contributed by atoms with Gasteiger partial charge in [0.25, 0.3) is 0 Å². The monoisotopic (exact) mass is 290 g/mol. The molecule has 1 N–H and O–H groups in total. The Morgan fingerprint density at radius 1 is 1.25 bits per heavy atom. The van der Waals surface area contributed by atoms with Crippen LogP contribution in [-0.4, -0.2) is 10.9 Å². The largest absolute Gasteiger partial charge is 0.302 e. The molecule has 0 spiro atoms. The molecule has 3 aliphatic carbocycles. The van der Waals surface area contributed by atoms with Crippen molar-refractivity contribution in [1.29, 1.82) is 0 Å². The number of aromatic nitrogens is 1. The second-order valence-electron chi connectivity index (χ2n) is 6.78. The number of nitrogens with one attached hydrogen (secondary N) is 1. The number of carbonyl (C=O) groups excluding carboxylic acids is 1. The van der Waals surface area contributed by atoms with Crippen molar-refractivity contribution >= 4 is 22.4 Å². The van der Waals surface area contributed by atoms with Crippen LogP contribution in [0.15, 0.2) is 0 Å². The predicted molar refractivity (Wildman–Crippen MR) is 80.9 cm³/mol. The first kappa shape index (κ1) is 12.8. The first-order valence-corrected chi connectivity index (χ1v) is 8.88. The molecule has 0 saturated heterocycles. The smallest absolute Gasteiger partial charge is 0.226 e. The number of hydrogen-bond acceptors (Lipinski definition) is 3. The number of amides is 1. The number of carbonyl (C=O) groups is 1. The van der Waals surface area contributed by atoms with Crippen LogP contribution in [0.3, 0.4) is 0 Å². The third-order valence-corrected chi connectivity index (χ3v) is 6.50. The molecule has 2 saturated carbocycles. The molecule has 0 radical (unpaired) electrons. The molecule has 2 bridgehead atoms. The number of hydrogen-bond donors (Lipinski definition) is 1. The zero-order valence-electron chi connectivity index (χ0n) is 11.9. The van der Waals surface area contributed by atoms with Crippen molar-refractivity contribution in [1.82, 2.24) is 4.98 Å². The van der Waals surface area contributed by atoms with Crippen molar-refractivity contribution in [3.05, 3.63) is 10.6 Å². The molecular weight excluding hydrogens is 268 g/mol. The topological polar surface area (TPSA) is 42.0 Å². The average molecular weight is 290 g/mol. The number of fused-ring (bicyclic) bond motifs is 3. The Morgan fingerprint density at radius 2 is 2.15 bits per heavy atom. The van der Waals surface area contributed by atoms with E-state index in [0.29, 0.717) is 12.3 Å². The molecule has 4 rings (SSSR count). The Bertz CT molecular complexity index is 501. The van der Waals surface area contributed by atoms with Gasteiger partial charge in [-0.3, -0.25) is 4.79 Å². The Hall–Kier alpha value is -0.900. The normalized spacial score (nSPS) is 31.3. The van der Waals surface area contributed by atoms with E-state index in [1.807, 2.05) is 0 Å². The molecule has 4 heteroatoms. The molecule has 0 aliphatic heterocycles. The van der Waals surface area contributed by atoms with Crippen LogP contribution >= 0.6 is 11.3 Å². The van der Waals surface area contributed by atoms with Gasteiger partial charge in [0, 0.05) is 11.3 Å². The second-order valence-corrected chi connectivity index (χ2v) is 7.87. The summed E-state index contributed by atoms with van der Waals surface area (Å²) in [5.41, 5.74) is 1.23. The lowest BCUT2D eigenvalue weighted by atomic mass is 9.86. The number of aryl methyl sites for hydroxylation is 2. The Balaban J connectivity index is 1.36. The molecule has 3 nitrogen and oxygen atoms in total. The van der Waals surface area contributed by atoms with Gasteiger partial charge in [-0.25, -0.2) is 4.98 Å². The summed E-state index contributed by atoms with van der Waals surface area (Å²) in [7, 11) is 0. The van der Waals surface area contributed by atoms with Gasteiger partial charge in [0.2, 0.25) is 5.91 Å². The van der Waals surface area contributed by atoms with Crippen molar-refractivity contribution in [2.24, 2.45) is 17.8 Å². The summed E-state index contributed by atoms with van der Waals surface area (Å²) in [4.78, 5) is 18.2. The van der Waals surface area contributed by atoms with Crippen LogP contribution in [0.1, 0.15) is 55.5 Å². The molecule has 3 atom stereocenters. The summed E-state index contributed by atoms with van der Waals surface area (Å²) < 4.78 is 0. The van der Waals surface area contributed by atoms with Gasteiger partial charge in [-0.05, 0) is 62.7 Å². The van der Waals surface area contributed by atoms with E-state index in [1.165, 1.54) is 49.1 Å². The van der Waals surface area contributed by atoms with Crippen LogP contribution in [0.4, 0.5) is 5.13 Å². The van der Waals surface area contributed by atoms with Gasteiger partial charge in [0.15, 0.2) is 5.13 Å². The highest BCUT2D eigenvalue weighted by Crippen LogP contribution is 2.49. The molecular formula is C16H22N2OS. The molecule has 108 valence electrons. The zero-order valence-corrected chi connectivity index (χ0v) is 12.7. The van der Waals surface area contributed by atoms with Crippen molar-refractivity contribution in [3.63, 3.8) is 0 Å². The lowest BCUT2D eigenvalue weighted by Crippen LogP contribution is -2.20. The minimum absolute atomic E-state index is 0.189. The number of anilines is 1. The molecule has 20 heavy (non-hydrogen) atoms. The first-order valence-electron chi connectivity index (χ1n) is 8.06. The number of thiazole rings is 1. The van der Waals surface area contributed by atoms with Gasteiger partial charge in [-0.1, -0.05) is 6.42 Å². The van der Waals surface area contributed by atoms with Gasteiger partial charge >= 0.3 is 0 Å². The van der Waals surface area contributed by atoms with E-state index in [0.717, 1.165) is 29.8 Å². The summed E-state index contributed by atoms with van der Waals surface area (Å²) in [6.07, 6.45) is 10.9. The lowest BCUT2D eigenvalue weighted by Gasteiger charge is -2.20. The fourth-order valence-electron chi connectivity index (χ4n) is 4.44. The van der Waals surface area contributed by atoms with E-state index in [9.17, 15) is 4.79 Å². The quantitative estimate of drug-likeness (QED) is 0.920. The lowest BCUT2D eigenvalue weighted by molar-refractivity contribution is -0.117. The Morgan fingerprint density at radius 3 is 2.90 bits per heavy atom. The molecule has 0 aromatic carbocycles. The molecule has 1 amide bonds. The summed E-state index contributed by atoms with van der Waals surface area (Å²) in [6.45, 7) is 0. The minimum Gasteiger partial charge on any atom is -0.302 e. The summed E-state index contributed by atoms with van der Waals surface area (Å²) in [5.74, 6) is 2.58. The highest BCUT2D eigenvalue weighted by molar-refractivity contribution is 7.15. The molecule has 1 aromatic rings. The second kappa shape index (κ2) is 5.14. The Labute approximate surface area is 124 Å². The number of rotatable bonds is 3. The van der Waals surface area contributed by atoms with Crippen molar-refractivity contribution in [2.45, 2.75) is 57.8 Å². The van der Waals surface area contributed by atoms with Gasteiger partial charge in [-0.15, -0.1) is 11.3 Å². The van der Waals surface area contributed by atoms with E-state index >= 15 is 0 Å². The zero-order chi connectivity index (χ0) is 13.5. The van der Waals surface area contributed by atoms with Crippen LogP contribution in [0, 0.1) is 17.8 Å². The highest BCUT2D eigenvalue weighted by atomic mass is 32.1. The van der Waals surface area contributed by atoms with Gasteiger partial charge in [0.05, 0.1) is 5.69 Å². The third kappa shape index (κ3) is 2.39. The van der Waals surface area contributed by atoms with Crippen molar-refractivity contribution in [3.8, 4) is 0 Å². The van der Waals surface area contributed by atoms with E-state index in [4.69, 9.17) is 0 Å². The van der Waals surface area contributed by atoms with Crippen LogP contribution in [-0.2, 0) is 17.6 Å². The van der Waals surface area contributed by atoms with Crippen molar-refractivity contribution < 1.29 is 4.79 Å². The first-order chi connectivity index (χ1) is 9.78. The SMILES string of the molecule is O=C(C[C@H]1C[C@@H]2CC[C@@H]1C2)Nc1nc2c(s1)CCCC2. The fraction of sp³-hybridized carbons (Fsp3) is 0.750. The molecule has 2 fully saturated rings. The maximum atomic E-state index is 12.2. The predicted octanol–water partition coefficient (Wildman–Crippen LogP) is 3.79. The minimum atomic E-state index is 0.189. The maximum absolute atomic E-state index is 12.2. The van der Waals surface area contributed by atoms with Crippen LogP contribution in [0.25, 0.3) is 0 Å². The third-order valence-electron chi connectivity index (χ3n) is 5.42. The van der Waals surface area contributed by atoms with Gasteiger partial charge < -0.3 is 5.32 Å². The molecule has 0 unspecified atom stereocenters. The van der Waals surface area contributed by atoms with Crippen LogP contribution in [0.2, 0.25) is 0 Å². The van der Waals surface area contributed by atoms with E-state index in [1.54, 1.807) is 11.3 Å². The molecule has 1 heterocycles. The van der Waals surface area contributed by atoms with Crippen molar-refractivity contribution in [2.75, 3.05) is 5.32 Å². The standard InChI is InChI=1S/C16H22N2OS/c19-15(9-12-8-10-5-6-11(12)7-10)18-16-17-13-3-1-2-4-14(13)20-16/h10-12H,1-9H2,(H,17,18,19)/t10-,11-,12-/m1/s1. The van der Waals surface area contributed by atoms with Crippen LogP contribution < -0.4 is 5.32 Å². The van der Waals surface area contributed by atoms with E-state index < -0.39 is 0 Å². The average Bonchev–Trinajstić information content (AvgIpc) is 3.11. The van der Waals surface area contributed by atoms with Gasteiger partial charge in [0.1, 0.15) is 0 Å². The maximum Gasteiger partial charge on any atom is 0.226 e. The summed E-state index contributed by atoms with van der Waals surface area (Å²) >= 11 is 1.69. The molecule has 1 aromatic heterocycles. The highest BCUT2D eigenvalue weighted by Gasteiger charge is 2.40. The summed E-state index contributed by atoms with van der Waals surface area (Å²) in [5, 5.41) is 3.89. The van der Waals surface area contributed by atoms with Crippen LogP contribution in [0.5, 0.6) is 0 Å². The summed E-state index contributed by atoms with van der Waals surface area (Å²) in [6, 6.07) is 0. The Kier molecular flexibility index (Phi) is 3.29. The molecule has 3 aliphatic rings.